The van der Waals surface area contributed by atoms with Gasteiger partial charge >= 0.3 is 0 Å². The number of hydrogen-bond donors (Lipinski definition) is 1. The number of carbonyl (C=O) groups is 1. The van der Waals surface area contributed by atoms with Gasteiger partial charge in [-0.3, -0.25) is 10.1 Å². The summed E-state index contributed by atoms with van der Waals surface area (Å²) in [5.74, 6) is 0.898. The van der Waals surface area contributed by atoms with Crippen LogP contribution < -0.4 is 5.32 Å². The maximum atomic E-state index is 12.5. The van der Waals surface area contributed by atoms with Crippen LogP contribution in [0.2, 0.25) is 0 Å². The minimum Gasteiger partial charge on any atom is -0.324 e. The highest BCUT2D eigenvalue weighted by molar-refractivity contribution is 7.92. The number of sulfone groups is 1. The van der Waals surface area contributed by atoms with E-state index in [0.717, 1.165) is 25.7 Å². The maximum absolute atomic E-state index is 12.5. The van der Waals surface area contributed by atoms with Crippen molar-refractivity contribution in [1.29, 1.82) is 0 Å². The quantitative estimate of drug-likeness (QED) is 0.838. The van der Waals surface area contributed by atoms with E-state index < -0.39 is 9.84 Å². The average molecular weight is 300 g/mol. The van der Waals surface area contributed by atoms with Crippen molar-refractivity contribution in [1.82, 2.24) is 10.2 Å². The Balaban J connectivity index is 1.76. The van der Waals surface area contributed by atoms with Gasteiger partial charge in [0.25, 0.3) is 0 Å². The third-order valence-corrected chi connectivity index (χ3v) is 7.06. The SMILES string of the molecule is CC(C)CC1NC2(CC2)C(=O)N1CC1CCCS1(=O)=O. The van der Waals surface area contributed by atoms with Gasteiger partial charge in [-0.1, -0.05) is 13.8 Å². The summed E-state index contributed by atoms with van der Waals surface area (Å²) < 4.78 is 24.0. The molecule has 1 amide bonds. The van der Waals surface area contributed by atoms with Crippen molar-refractivity contribution in [2.24, 2.45) is 5.92 Å². The molecule has 3 rings (SSSR count). The molecule has 114 valence electrons. The molecule has 1 aliphatic carbocycles. The Hall–Kier alpha value is -0.620. The fraction of sp³-hybridized carbons (Fsp3) is 0.929. The number of nitrogens with zero attached hydrogens (tertiary/aromatic N) is 1. The number of hydrogen-bond acceptors (Lipinski definition) is 4. The van der Waals surface area contributed by atoms with Crippen molar-refractivity contribution >= 4 is 15.7 Å². The second kappa shape index (κ2) is 4.70. The molecular weight excluding hydrogens is 276 g/mol. The van der Waals surface area contributed by atoms with Crippen molar-refractivity contribution in [3.63, 3.8) is 0 Å². The van der Waals surface area contributed by atoms with Gasteiger partial charge in [0.15, 0.2) is 9.84 Å². The standard InChI is InChI=1S/C14H24N2O3S/c1-10(2)8-12-15-14(5-6-14)13(17)16(12)9-11-4-3-7-20(11,18)19/h10-12,15H,3-9H2,1-2H3. The molecule has 0 aromatic carbocycles. The van der Waals surface area contributed by atoms with E-state index in [1.165, 1.54) is 0 Å². The van der Waals surface area contributed by atoms with Crippen LogP contribution in [0.15, 0.2) is 0 Å². The van der Waals surface area contributed by atoms with Crippen LogP contribution in [0.4, 0.5) is 0 Å². The third kappa shape index (κ3) is 2.37. The highest BCUT2D eigenvalue weighted by atomic mass is 32.2. The van der Waals surface area contributed by atoms with Crippen molar-refractivity contribution in [2.45, 2.75) is 62.9 Å². The Bertz CT molecular complexity index is 511. The smallest absolute Gasteiger partial charge is 0.244 e. The number of amides is 1. The largest absolute Gasteiger partial charge is 0.324 e. The highest BCUT2D eigenvalue weighted by Gasteiger charge is 2.59. The van der Waals surface area contributed by atoms with Crippen LogP contribution in [0.5, 0.6) is 0 Å². The van der Waals surface area contributed by atoms with E-state index in [4.69, 9.17) is 0 Å². The third-order valence-electron chi connectivity index (χ3n) is 4.80. The summed E-state index contributed by atoms with van der Waals surface area (Å²) in [6, 6.07) is 0. The topological polar surface area (TPSA) is 66.5 Å². The Morgan fingerprint density at radius 3 is 2.60 bits per heavy atom. The van der Waals surface area contributed by atoms with E-state index in [9.17, 15) is 13.2 Å². The first-order chi connectivity index (χ1) is 9.34. The van der Waals surface area contributed by atoms with Crippen molar-refractivity contribution in [3.8, 4) is 0 Å². The van der Waals surface area contributed by atoms with Crippen LogP contribution in [-0.2, 0) is 14.6 Å². The number of rotatable bonds is 4. The molecule has 3 aliphatic rings. The number of nitrogens with one attached hydrogen (secondary N) is 1. The minimum atomic E-state index is -2.99. The lowest BCUT2D eigenvalue weighted by atomic mass is 10.1. The summed E-state index contributed by atoms with van der Waals surface area (Å²) in [5.41, 5.74) is -0.345. The summed E-state index contributed by atoms with van der Waals surface area (Å²) in [5, 5.41) is 3.11. The molecule has 2 heterocycles. The molecular formula is C14H24N2O3S. The Morgan fingerprint density at radius 1 is 1.40 bits per heavy atom. The molecule has 2 saturated heterocycles. The lowest BCUT2D eigenvalue weighted by Crippen LogP contribution is -2.43. The van der Waals surface area contributed by atoms with Crippen molar-refractivity contribution in [3.05, 3.63) is 0 Å². The molecule has 6 heteroatoms. The van der Waals surface area contributed by atoms with Gasteiger partial charge in [0, 0.05) is 6.54 Å². The highest BCUT2D eigenvalue weighted by Crippen LogP contribution is 2.43. The predicted octanol–water partition coefficient (Wildman–Crippen LogP) is 0.900. The Kier molecular flexibility index (Phi) is 3.36. The van der Waals surface area contributed by atoms with Gasteiger partial charge in [-0.25, -0.2) is 8.42 Å². The summed E-state index contributed by atoms with van der Waals surface area (Å²) in [6.45, 7) is 4.65. The Labute approximate surface area is 121 Å². The van der Waals surface area contributed by atoms with Crippen LogP contribution >= 0.6 is 0 Å². The van der Waals surface area contributed by atoms with E-state index in [1.807, 2.05) is 4.90 Å². The molecule has 20 heavy (non-hydrogen) atoms. The summed E-state index contributed by atoms with van der Waals surface area (Å²) in [6.07, 6.45) is 4.14. The van der Waals surface area contributed by atoms with Crippen LogP contribution in [0.1, 0.15) is 46.0 Å². The molecule has 2 unspecified atom stereocenters. The normalized spacial score (nSPS) is 34.4. The van der Waals surface area contributed by atoms with Crippen LogP contribution in [-0.4, -0.2) is 48.5 Å². The van der Waals surface area contributed by atoms with Gasteiger partial charge in [0.2, 0.25) is 5.91 Å². The van der Waals surface area contributed by atoms with Crippen molar-refractivity contribution < 1.29 is 13.2 Å². The zero-order valence-corrected chi connectivity index (χ0v) is 13.1. The fourth-order valence-electron chi connectivity index (χ4n) is 3.48. The summed E-state index contributed by atoms with van der Waals surface area (Å²) in [7, 11) is -2.99. The predicted molar refractivity (Wildman–Crippen MR) is 76.9 cm³/mol. The molecule has 2 atom stereocenters. The van der Waals surface area contributed by atoms with E-state index in [0.29, 0.717) is 18.9 Å². The van der Waals surface area contributed by atoms with Crippen LogP contribution in [0.25, 0.3) is 0 Å². The van der Waals surface area contributed by atoms with Gasteiger partial charge in [0.1, 0.15) is 0 Å². The molecule has 5 nitrogen and oxygen atoms in total. The van der Waals surface area contributed by atoms with Gasteiger partial charge in [-0.15, -0.1) is 0 Å². The van der Waals surface area contributed by atoms with E-state index in [2.05, 4.69) is 19.2 Å². The molecule has 0 radical (unpaired) electrons. The minimum absolute atomic E-state index is 0.0146. The number of carbonyl (C=O) groups excluding carboxylic acids is 1. The molecule has 1 N–H and O–H groups in total. The Morgan fingerprint density at radius 2 is 2.10 bits per heavy atom. The molecule has 2 aliphatic heterocycles. The van der Waals surface area contributed by atoms with Gasteiger partial charge in [-0.2, -0.15) is 0 Å². The summed E-state index contributed by atoms with van der Waals surface area (Å²) in [4.78, 5) is 14.4. The second-order valence-electron chi connectivity index (χ2n) is 6.96. The van der Waals surface area contributed by atoms with Crippen LogP contribution in [0, 0.1) is 5.92 Å². The lowest BCUT2D eigenvalue weighted by molar-refractivity contribution is -0.130. The van der Waals surface area contributed by atoms with Gasteiger partial charge in [0.05, 0.1) is 22.7 Å². The first kappa shape index (κ1) is 14.3. The lowest BCUT2D eigenvalue weighted by Gasteiger charge is -2.27. The molecule has 1 spiro atoms. The zero-order valence-electron chi connectivity index (χ0n) is 12.3. The van der Waals surface area contributed by atoms with E-state index >= 15 is 0 Å². The molecule has 1 saturated carbocycles. The van der Waals surface area contributed by atoms with Gasteiger partial charge in [-0.05, 0) is 38.0 Å². The molecule has 3 fully saturated rings. The van der Waals surface area contributed by atoms with E-state index in [1.54, 1.807) is 0 Å². The monoisotopic (exact) mass is 300 g/mol. The zero-order chi connectivity index (χ0) is 14.5. The van der Waals surface area contributed by atoms with Gasteiger partial charge < -0.3 is 4.90 Å². The first-order valence-electron chi connectivity index (χ1n) is 7.64. The summed E-state index contributed by atoms with van der Waals surface area (Å²) >= 11 is 0. The fourth-order valence-corrected chi connectivity index (χ4v) is 5.30. The van der Waals surface area contributed by atoms with E-state index in [-0.39, 0.29) is 28.6 Å². The second-order valence-corrected chi connectivity index (χ2v) is 9.36. The molecule has 0 bridgehead atoms. The first-order valence-corrected chi connectivity index (χ1v) is 9.36. The van der Waals surface area contributed by atoms with Crippen molar-refractivity contribution in [2.75, 3.05) is 12.3 Å². The van der Waals surface area contributed by atoms with Crippen LogP contribution in [0.3, 0.4) is 0 Å². The maximum Gasteiger partial charge on any atom is 0.244 e. The average Bonchev–Trinajstić information content (AvgIpc) is 2.98. The molecule has 0 aromatic rings. The molecule has 0 aromatic heterocycles.